The quantitative estimate of drug-likeness (QED) is 0.902. The smallest absolute Gasteiger partial charge is 0.346 e. The highest BCUT2D eigenvalue weighted by Crippen LogP contribution is 2.12. The predicted molar refractivity (Wildman–Crippen MR) is 89.8 cm³/mol. The van der Waals surface area contributed by atoms with Crippen molar-refractivity contribution < 1.29 is 9.53 Å². The lowest BCUT2D eigenvalue weighted by Crippen LogP contribution is -2.30. The van der Waals surface area contributed by atoms with E-state index in [2.05, 4.69) is 10.4 Å². The number of fused-ring (bicyclic) bond motifs is 1. The molecule has 24 heavy (non-hydrogen) atoms. The third-order valence-electron chi connectivity index (χ3n) is 4.10. The maximum atomic E-state index is 12.4. The van der Waals surface area contributed by atoms with E-state index in [0.29, 0.717) is 18.8 Å². The minimum Gasteiger partial charge on any atom is -0.380 e. The number of amides is 1. The number of nitrogens with one attached hydrogen (secondary N) is 1. The van der Waals surface area contributed by atoms with Crippen molar-refractivity contribution in [1.29, 1.82) is 0 Å². The molecule has 1 aromatic carbocycles. The lowest BCUT2D eigenvalue weighted by Gasteiger charge is -2.07. The summed E-state index contributed by atoms with van der Waals surface area (Å²) in [6.07, 6.45) is 3.93. The first-order valence-electron chi connectivity index (χ1n) is 8.21. The normalized spacial score (nSPS) is 14.0. The number of aryl methyl sites for hydroxylation is 1. The van der Waals surface area contributed by atoms with Crippen LogP contribution in [-0.2, 0) is 35.6 Å². The number of nitrogens with zero attached hydrogens (tertiary/aromatic N) is 3. The first kappa shape index (κ1) is 16.4. The average molecular weight is 330 g/mol. The van der Waals surface area contributed by atoms with Gasteiger partial charge in [0.2, 0.25) is 5.91 Å². The van der Waals surface area contributed by atoms with Crippen LogP contribution in [0.15, 0.2) is 29.1 Å². The van der Waals surface area contributed by atoms with Crippen molar-refractivity contribution in [3.05, 3.63) is 46.1 Å². The summed E-state index contributed by atoms with van der Waals surface area (Å²) in [7, 11) is 1.63. The molecule has 7 nitrogen and oxygen atoms in total. The molecule has 2 heterocycles. The maximum Gasteiger partial charge on any atom is 0.346 e. The van der Waals surface area contributed by atoms with E-state index in [1.807, 2.05) is 24.3 Å². The zero-order valence-corrected chi connectivity index (χ0v) is 13.8. The number of aromatic nitrogens is 3. The molecule has 1 aliphatic heterocycles. The molecule has 0 saturated heterocycles. The molecule has 128 valence electrons. The van der Waals surface area contributed by atoms with Gasteiger partial charge in [0.1, 0.15) is 12.4 Å². The molecule has 0 bridgehead atoms. The van der Waals surface area contributed by atoms with Crippen LogP contribution in [0, 0.1) is 0 Å². The van der Waals surface area contributed by atoms with Gasteiger partial charge in [-0.3, -0.25) is 9.36 Å². The Morgan fingerprint density at radius 2 is 2.21 bits per heavy atom. The van der Waals surface area contributed by atoms with E-state index < -0.39 is 0 Å². The second kappa shape index (κ2) is 7.44. The van der Waals surface area contributed by atoms with Crippen molar-refractivity contribution in [3.8, 4) is 0 Å². The number of anilines is 1. The number of benzene rings is 1. The number of carbonyl (C=O) groups excluding carboxylic acids is 1. The SMILES string of the molecule is COCc1cccc(NC(=O)Cn2nc3n(c2=O)CCCCC3)c1. The van der Waals surface area contributed by atoms with E-state index in [1.165, 1.54) is 4.68 Å². The van der Waals surface area contributed by atoms with Gasteiger partial charge in [-0.25, -0.2) is 9.48 Å². The fourth-order valence-electron chi connectivity index (χ4n) is 2.97. The van der Waals surface area contributed by atoms with Crippen LogP contribution in [0.3, 0.4) is 0 Å². The molecular weight excluding hydrogens is 308 g/mol. The Hall–Kier alpha value is -2.41. The monoisotopic (exact) mass is 330 g/mol. The van der Waals surface area contributed by atoms with Crippen LogP contribution in [-0.4, -0.2) is 27.4 Å². The van der Waals surface area contributed by atoms with Gasteiger partial charge in [-0.15, -0.1) is 0 Å². The summed E-state index contributed by atoms with van der Waals surface area (Å²) in [4.78, 5) is 24.6. The average Bonchev–Trinajstić information content (AvgIpc) is 2.74. The summed E-state index contributed by atoms with van der Waals surface area (Å²) in [5.41, 5.74) is 1.46. The van der Waals surface area contributed by atoms with Crippen molar-refractivity contribution in [2.24, 2.45) is 0 Å². The first-order chi connectivity index (χ1) is 11.7. The molecule has 1 aromatic heterocycles. The number of methoxy groups -OCH3 is 1. The van der Waals surface area contributed by atoms with Gasteiger partial charge in [-0.05, 0) is 30.5 Å². The molecule has 7 heteroatoms. The summed E-state index contributed by atoms with van der Waals surface area (Å²) in [6, 6.07) is 7.44. The summed E-state index contributed by atoms with van der Waals surface area (Å²) in [5, 5.41) is 7.13. The van der Waals surface area contributed by atoms with Gasteiger partial charge in [0.15, 0.2) is 0 Å². The Labute approximate surface area is 140 Å². The molecule has 0 fully saturated rings. The molecule has 3 rings (SSSR count). The topological polar surface area (TPSA) is 78.2 Å². The van der Waals surface area contributed by atoms with E-state index >= 15 is 0 Å². The fraction of sp³-hybridized carbons (Fsp3) is 0.471. The Kier molecular flexibility index (Phi) is 5.10. The molecule has 0 radical (unpaired) electrons. The van der Waals surface area contributed by atoms with Crippen LogP contribution in [0.1, 0.15) is 30.7 Å². The van der Waals surface area contributed by atoms with Gasteiger partial charge in [0.25, 0.3) is 0 Å². The highest BCUT2D eigenvalue weighted by Gasteiger charge is 2.17. The zero-order valence-electron chi connectivity index (χ0n) is 13.8. The molecule has 0 atom stereocenters. The third-order valence-corrected chi connectivity index (χ3v) is 4.10. The zero-order chi connectivity index (χ0) is 16.9. The summed E-state index contributed by atoms with van der Waals surface area (Å²) >= 11 is 0. The van der Waals surface area contributed by atoms with Crippen LogP contribution in [0.25, 0.3) is 0 Å². The highest BCUT2D eigenvalue weighted by atomic mass is 16.5. The van der Waals surface area contributed by atoms with Gasteiger partial charge in [-0.2, -0.15) is 5.10 Å². The van der Waals surface area contributed by atoms with E-state index in [0.717, 1.165) is 37.1 Å². The van der Waals surface area contributed by atoms with Crippen molar-refractivity contribution >= 4 is 11.6 Å². The van der Waals surface area contributed by atoms with Crippen molar-refractivity contribution in [3.63, 3.8) is 0 Å². The van der Waals surface area contributed by atoms with Crippen LogP contribution < -0.4 is 11.0 Å². The van der Waals surface area contributed by atoms with E-state index in [4.69, 9.17) is 4.74 Å². The Balaban J connectivity index is 1.69. The molecule has 0 saturated carbocycles. The van der Waals surface area contributed by atoms with Crippen LogP contribution in [0.2, 0.25) is 0 Å². The minimum absolute atomic E-state index is 0.0761. The van der Waals surface area contributed by atoms with E-state index in [9.17, 15) is 9.59 Å². The van der Waals surface area contributed by atoms with Gasteiger partial charge < -0.3 is 10.1 Å². The summed E-state index contributed by atoms with van der Waals surface area (Å²) in [5.74, 6) is 0.521. The molecule has 0 spiro atoms. The maximum absolute atomic E-state index is 12.4. The largest absolute Gasteiger partial charge is 0.380 e. The van der Waals surface area contributed by atoms with Crippen molar-refractivity contribution in [2.75, 3.05) is 12.4 Å². The molecule has 0 unspecified atom stereocenters. The van der Waals surface area contributed by atoms with Crippen LogP contribution in [0.4, 0.5) is 5.69 Å². The molecule has 1 amide bonds. The minimum atomic E-state index is -0.264. The third kappa shape index (κ3) is 3.73. The van der Waals surface area contributed by atoms with Crippen molar-refractivity contribution in [2.45, 2.75) is 45.4 Å². The Morgan fingerprint density at radius 3 is 3.04 bits per heavy atom. The number of rotatable bonds is 5. The van der Waals surface area contributed by atoms with Crippen LogP contribution in [0.5, 0.6) is 0 Å². The highest BCUT2D eigenvalue weighted by molar-refractivity contribution is 5.90. The lowest BCUT2D eigenvalue weighted by molar-refractivity contribution is -0.117. The molecule has 1 N–H and O–H groups in total. The van der Waals surface area contributed by atoms with Crippen molar-refractivity contribution in [1.82, 2.24) is 14.3 Å². The van der Waals surface area contributed by atoms with Gasteiger partial charge in [0, 0.05) is 25.8 Å². The number of ether oxygens (including phenoxy) is 1. The van der Waals surface area contributed by atoms with Gasteiger partial charge in [0.05, 0.1) is 6.61 Å². The number of hydrogen-bond acceptors (Lipinski definition) is 4. The predicted octanol–water partition coefficient (Wildman–Crippen LogP) is 1.56. The van der Waals surface area contributed by atoms with E-state index in [1.54, 1.807) is 11.7 Å². The Morgan fingerprint density at radius 1 is 1.33 bits per heavy atom. The molecule has 2 aromatic rings. The fourth-order valence-corrected chi connectivity index (χ4v) is 2.97. The molecule has 0 aliphatic carbocycles. The molecular formula is C17H22N4O3. The number of carbonyl (C=O) groups is 1. The Bertz CT molecular complexity index is 778. The van der Waals surface area contributed by atoms with Gasteiger partial charge in [-0.1, -0.05) is 18.6 Å². The lowest BCUT2D eigenvalue weighted by atomic mass is 10.2. The summed E-state index contributed by atoms with van der Waals surface area (Å²) in [6.45, 7) is 1.10. The second-order valence-corrected chi connectivity index (χ2v) is 6.00. The van der Waals surface area contributed by atoms with Gasteiger partial charge >= 0.3 is 5.69 Å². The first-order valence-corrected chi connectivity index (χ1v) is 8.21. The number of hydrogen-bond donors (Lipinski definition) is 1. The van der Waals surface area contributed by atoms with E-state index in [-0.39, 0.29) is 18.1 Å². The molecule has 1 aliphatic rings. The standard InChI is InChI=1S/C17H22N4O3/c1-24-12-13-6-5-7-14(10-13)18-16(22)11-21-17(23)20-9-4-2-3-8-15(20)19-21/h5-7,10H,2-4,8-9,11-12H2,1H3,(H,18,22). The van der Waals surface area contributed by atoms with Crippen LogP contribution >= 0.6 is 0 Å². The summed E-state index contributed by atoms with van der Waals surface area (Å²) < 4.78 is 8.04. The second-order valence-electron chi connectivity index (χ2n) is 6.00.